The molecule has 0 amide bonds. The van der Waals surface area contributed by atoms with Crippen LogP contribution in [-0.2, 0) is 6.42 Å². The zero-order chi connectivity index (χ0) is 15.0. The molecule has 2 heteroatoms. The second-order valence-corrected chi connectivity index (χ2v) is 6.99. The van der Waals surface area contributed by atoms with Crippen molar-refractivity contribution in [3.63, 3.8) is 0 Å². The lowest BCUT2D eigenvalue weighted by atomic mass is 9.80. The average molecular weight is 280 g/mol. The Labute approximate surface area is 127 Å². The van der Waals surface area contributed by atoms with Crippen LogP contribution in [0.4, 0.5) is 0 Å². The van der Waals surface area contributed by atoms with Gasteiger partial charge in [0.15, 0.2) is 0 Å². The monoisotopic (exact) mass is 280 g/mol. The Hall–Kier alpha value is -1.83. The predicted octanol–water partition coefficient (Wildman–Crippen LogP) is 4.79. The van der Waals surface area contributed by atoms with E-state index in [1.54, 1.807) is 0 Å². The Morgan fingerprint density at radius 2 is 1.86 bits per heavy atom. The van der Waals surface area contributed by atoms with Crippen molar-refractivity contribution < 1.29 is 0 Å². The number of nitrogens with zero attached hydrogens (tertiary/aromatic N) is 1. The zero-order valence-corrected chi connectivity index (χ0v) is 13.4. The van der Waals surface area contributed by atoms with E-state index in [9.17, 15) is 0 Å². The molecule has 1 aromatic heterocycles. The molecule has 1 aliphatic rings. The summed E-state index contributed by atoms with van der Waals surface area (Å²) in [6, 6.07) is 11.3. The van der Waals surface area contributed by atoms with Gasteiger partial charge in [-0.3, -0.25) is 4.99 Å². The second-order valence-electron chi connectivity index (χ2n) is 6.99. The molecule has 0 saturated heterocycles. The van der Waals surface area contributed by atoms with Crippen molar-refractivity contribution in [2.24, 2.45) is 10.4 Å². The highest BCUT2D eigenvalue weighted by Gasteiger charge is 2.35. The van der Waals surface area contributed by atoms with Crippen LogP contribution in [0.5, 0.6) is 0 Å². The Kier molecular flexibility index (Phi) is 3.48. The molecule has 110 valence electrons. The van der Waals surface area contributed by atoms with Crippen molar-refractivity contribution in [3.05, 3.63) is 47.8 Å². The molecular formula is C19H24N2. The molecule has 1 atom stereocenters. The van der Waals surface area contributed by atoms with E-state index >= 15 is 0 Å². The standard InChI is InChI=1S/C19H24N2/c1-13-5-7-15(8-6-13)16-9-10-20-17(16)11-18-19(3,4)12-14(2)21-18/h5-10,18,20H,11-12H2,1-4H3. The Balaban J connectivity index is 1.88. The first-order chi connectivity index (χ1) is 9.95. The van der Waals surface area contributed by atoms with E-state index in [1.165, 1.54) is 28.1 Å². The van der Waals surface area contributed by atoms with Crippen LogP contribution in [0, 0.1) is 12.3 Å². The van der Waals surface area contributed by atoms with Gasteiger partial charge in [-0.2, -0.15) is 0 Å². The van der Waals surface area contributed by atoms with Gasteiger partial charge in [0.05, 0.1) is 6.04 Å². The first-order valence-corrected chi connectivity index (χ1v) is 7.72. The summed E-state index contributed by atoms with van der Waals surface area (Å²) in [6.45, 7) is 8.93. The van der Waals surface area contributed by atoms with Crippen molar-refractivity contribution in [1.82, 2.24) is 4.98 Å². The Morgan fingerprint density at radius 1 is 1.14 bits per heavy atom. The lowest BCUT2D eigenvalue weighted by molar-refractivity contribution is 0.321. The van der Waals surface area contributed by atoms with Crippen molar-refractivity contribution in [2.75, 3.05) is 0 Å². The fourth-order valence-corrected chi connectivity index (χ4v) is 3.36. The Bertz CT molecular complexity index is 659. The molecule has 0 fully saturated rings. The summed E-state index contributed by atoms with van der Waals surface area (Å²) in [5.74, 6) is 0. The molecule has 0 saturated carbocycles. The maximum Gasteiger partial charge on any atom is 0.0608 e. The molecule has 2 aromatic rings. The van der Waals surface area contributed by atoms with Gasteiger partial charge < -0.3 is 4.98 Å². The normalized spacial score (nSPS) is 20.6. The second kappa shape index (κ2) is 5.18. The molecule has 0 radical (unpaired) electrons. The summed E-state index contributed by atoms with van der Waals surface area (Å²) in [5, 5.41) is 0. The molecule has 21 heavy (non-hydrogen) atoms. The van der Waals surface area contributed by atoms with Crippen molar-refractivity contribution in [1.29, 1.82) is 0 Å². The molecular weight excluding hydrogens is 256 g/mol. The smallest absolute Gasteiger partial charge is 0.0608 e. The van der Waals surface area contributed by atoms with Crippen molar-refractivity contribution in [3.8, 4) is 11.1 Å². The molecule has 2 heterocycles. The molecule has 1 aromatic carbocycles. The van der Waals surface area contributed by atoms with Gasteiger partial charge in [-0.15, -0.1) is 0 Å². The van der Waals surface area contributed by atoms with Crippen LogP contribution in [0.1, 0.15) is 38.4 Å². The third-order valence-corrected chi connectivity index (χ3v) is 4.58. The van der Waals surface area contributed by atoms with Crippen LogP contribution in [0.25, 0.3) is 11.1 Å². The number of rotatable bonds is 3. The SMILES string of the molecule is CC1=NC(Cc2[nH]ccc2-c2ccc(C)cc2)C(C)(C)C1. The molecule has 1 unspecified atom stereocenters. The fraction of sp³-hybridized carbons (Fsp3) is 0.421. The third kappa shape index (κ3) is 2.80. The number of aromatic amines is 1. The van der Waals surface area contributed by atoms with Crippen LogP contribution < -0.4 is 0 Å². The summed E-state index contributed by atoms with van der Waals surface area (Å²) in [6.07, 6.45) is 4.14. The van der Waals surface area contributed by atoms with Crippen LogP contribution in [-0.4, -0.2) is 16.7 Å². The van der Waals surface area contributed by atoms with E-state index in [2.05, 4.69) is 63.0 Å². The van der Waals surface area contributed by atoms with Gasteiger partial charge in [0.2, 0.25) is 0 Å². The van der Waals surface area contributed by atoms with E-state index < -0.39 is 0 Å². The van der Waals surface area contributed by atoms with Crippen LogP contribution in [0.2, 0.25) is 0 Å². The van der Waals surface area contributed by atoms with Gasteiger partial charge in [0, 0.05) is 29.6 Å². The summed E-state index contributed by atoms with van der Waals surface area (Å²) in [4.78, 5) is 8.29. The molecule has 0 aliphatic carbocycles. The number of aromatic nitrogens is 1. The maximum absolute atomic E-state index is 4.86. The average Bonchev–Trinajstić information content (AvgIpc) is 2.95. The van der Waals surface area contributed by atoms with Gasteiger partial charge in [0.25, 0.3) is 0 Å². The lowest BCUT2D eigenvalue weighted by Gasteiger charge is -2.25. The summed E-state index contributed by atoms with van der Waals surface area (Å²) >= 11 is 0. The highest BCUT2D eigenvalue weighted by atomic mass is 14.9. The van der Waals surface area contributed by atoms with E-state index in [4.69, 9.17) is 4.99 Å². The largest absolute Gasteiger partial charge is 0.364 e. The number of hydrogen-bond acceptors (Lipinski definition) is 1. The number of H-pyrrole nitrogens is 1. The molecule has 0 spiro atoms. The van der Waals surface area contributed by atoms with Crippen molar-refractivity contribution >= 4 is 5.71 Å². The summed E-state index contributed by atoms with van der Waals surface area (Å²) in [5.41, 5.74) is 6.75. The molecule has 0 bridgehead atoms. The topological polar surface area (TPSA) is 28.1 Å². The first kappa shape index (κ1) is 14.1. The molecule has 1 aliphatic heterocycles. The minimum absolute atomic E-state index is 0.264. The van der Waals surface area contributed by atoms with Gasteiger partial charge in [0.1, 0.15) is 0 Å². The number of aryl methyl sites for hydroxylation is 1. The first-order valence-electron chi connectivity index (χ1n) is 7.72. The van der Waals surface area contributed by atoms with Crippen LogP contribution in [0.15, 0.2) is 41.5 Å². The zero-order valence-electron chi connectivity index (χ0n) is 13.4. The molecule has 1 N–H and O–H groups in total. The maximum atomic E-state index is 4.86. The number of nitrogens with one attached hydrogen (secondary N) is 1. The fourth-order valence-electron chi connectivity index (χ4n) is 3.36. The molecule has 3 rings (SSSR count). The highest BCUT2D eigenvalue weighted by molar-refractivity contribution is 5.84. The third-order valence-electron chi connectivity index (χ3n) is 4.58. The summed E-state index contributed by atoms with van der Waals surface area (Å²) in [7, 11) is 0. The van der Waals surface area contributed by atoms with Gasteiger partial charge in [-0.1, -0.05) is 43.7 Å². The minimum Gasteiger partial charge on any atom is -0.364 e. The van der Waals surface area contributed by atoms with E-state index in [0.717, 1.165) is 12.8 Å². The molecule has 2 nitrogen and oxygen atoms in total. The number of hydrogen-bond donors (Lipinski definition) is 1. The Morgan fingerprint density at radius 3 is 2.48 bits per heavy atom. The quantitative estimate of drug-likeness (QED) is 0.837. The van der Waals surface area contributed by atoms with Crippen LogP contribution >= 0.6 is 0 Å². The van der Waals surface area contributed by atoms with Gasteiger partial charge in [-0.25, -0.2) is 0 Å². The van der Waals surface area contributed by atoms with Crippen LogP contribution in [0.3, 0.4) is 0 Å². The highest BCUT2D eigenvalue weighted by Crippen LogP contribution is 2.37. The number of benzene rings is 1. The lowest BCUT2D eigenvalue weighted by Crippen LogP contribution is -2.26. The van der Waals surface area contributed by atoms with Gasteiger partial charge >= 0.3 is 0 Å². The van der Waals surface area contributed by atoms with E-state index in [-0.39, 0.29) is 5.41 Å². The minimum atomic E-state index is 0.264. The van der Waals surface area contributed by atoms with Crippen molar-refractivity contribution in [2.45, 2.75) is 46.6 Å². The van der Waals surface area contributed by atoms with E-state index in [0.29, 0.717) is 6.04 Å². The van der Waals surface area contributed by atoms with E-state index in [1.807, 2.05) is 6.20 Å². The summed E-state index contributed by atoms with van der Waals surface area (Å²) < 4.78 is 0. The van der Waals surface area contributed by atoms with Gasteiger partial charge in [-0.05, 0) is 37.3 Å². The number of aliphatic imine (C=N–C) groups is 1. The predicted molar refractivity (Wildman–Crippen MR) is 90.0 cm³/mol.